The monoisotopic (exact) mass is 386 g/mol. The van der Waals surface area contributed by atoms with E-state index in [0.29, 0.717) is 5.75 Å². The van der Waals surface area contributed by atoms with Gasteiger partial charge in [0.2, 0.25) is 0 Å². The quantitative estimate of drug-likeness (QED) is 0.654. The molecule has 0 heterocycles. The zero-order chi connectivity index (χ0) is 19.2. The molecular formula is C18H17F3O4S. The van der Waals surface area contributed by atoms with E-state index in [1.807, 2.05) is 31.2 Å². The lowest BCUT2D eigenvalue weighted by Crippen LogP contribution is -2.27. The Hall–Kier alpha value is -2.35. The van der Waals surface area contributed by atoms with Crippen LogP contribution in [0.5, 0.6) is 11.5 Å². The minimum Gasteiger partial charge on any atom is -0.479 e. The number of benzene rings is 2. The molecule has 8 heteroatoms. The molecule has 2 aromatic carbocycles. The summed E-state index contributed by atoms with van der Waals surface area (Å²) in [7, 11) is 0. The lowest BCUT2D eigenvalue weighted by Gasteiger charge is -2.15. The van der Waals surface area contributed by atoms with Crippen molar-refractivity contribution in [1.29, 1.82) is 0 Å². The van der Waals surface area contributed by atoms with Gasteiger partial charge >= 0.3 is 12.3 Å². The predicted molar refractivity (Wildman–Crippen MR) is 91.7 cm³/mol. The maximum Gasteiger partial charge on any atom is 0.573 e. The Bertz CT molecular complexity index is 715. The van der Waals surface area contributed by atoms with Crippen molar-refractivity contribution in [2.75, 3.05) is 5.75 Å². The largest absolute Gasteiger partial charge is 0.573 e. The SMILES string of the molecule is Cc1ccc(SCCC(Oc2ccc(OC(F)(F)F)cc2)C(=O)O)cc1. The molecule has 0 radical (unpaired) electrons. The smallest absolute Gasteiger partial charge is 0.479 e. The van der Waals surface area contributed by atoms with Gasteiger partial charge in [-0.05, 0) is 43.3 Å². The molecule has 0 saturated carbocycles. The molecule has 4 nitrogen and oxygen atoms in total. The molecule has 0 aromatic heterocycles. The van der Waals surface area contributed by atoms with Gasteiger partial charge < -0.3 is 14.6 Å². The van der Waals surface area contributed by atoms with Crippen molar-refractivity contribution >= 4 is 17.7 Å². The van der Waals surface area contributed by atoms with E-state index >= 15 is 0 Å². The second-order valence-corrected chi connectivity index (χ2v) is 6.58. The molecule has 0 spiro atoms. The highest BCUT2D eigenvalue weighted by Gasteiger charge is 2.31. The molecule has 1 atom stereocenters. The second kappa shape index (κ2) is 8.84. The Kier molecular flexibility index (Phi) is 6.79. The normalized spacial score (nSPS) is 12.5. The second-order valence-electron chi connectivity index (χ2n) is 5.41. The van der Waals surface area contributed by atoms with E-state index < -0.39 is 24.2 Å². The maximum absolute atomic E-state index is 12.1. The van der Waals surface area contributed by atoms with Crippen LogP contribution < -0.4 is 9.47 Å². The molecule has 0 aliphatic carbocycles. The Morgan fingerprint density at radius 3 is 2.19 bits per heavy atom. The third-order valence-corrected chi connectivity index (χ3v) is 4.33. The fourth-order valence-corrected chi connectivity index (χ4v) is 2.93. The van der Waals surface area contributed by atoms with E-state index in [2.05, 4.69) is 4.74 Å². The van der Waals surface area contributed by atoms with E-state index in [1.54, 1.807) is 0 Å². The van der Waals surface area contributed by atoms with Crippen molar-refractivity contribution in [3.63, 3.8) is 0 Å². The van der Waals surface area contributed by atoms with Crippen molar-refractivity contribution in [2.45, 2.75) is 30.7 Å². The molecule has 1 N–H and O–H groups in total. The molecule has 0 fully saturated rings. The molecule has 140 valence electrons. The molecule has 1 unspecified atom stereocenters. The fourth-order valence-electron chi connectivity index (χ4n) is 2.04. The minimum atomic E-state index is -4.78. The molecule has 26 heavy (non-hydrogen) atoms. The van der Waals surface area contributed by atoms with Crippen molar-refractivity contribution < 1.29 is 32.5 Å². The summed E-state index contributed by atoms with van der Waals surface area (Å²) in [4.78, 5) is 12.4. The minimum absolute atomic E-state index is 0.160. The van der Waals surface area contributed by atoms with Gasteiger partial charge in [0.05, 0.1) is 0 Å². The highest BCUT2D eigenvalue weighted by molar-refractivity contribution is 7.99. The Labute approximate surface area is 152 Å². The first-order chi connectivity index (χ1) is 12.2. The Morgan fingerprint density at radius 1 is 1.08 bits per heavy atom. The van der Waals surface area contributed by atoms with Crippen molar-refractivity contribution in [2.24, 2.45) is 0 Å². The molecule has 0 saturated heterocycles. The Morgan fingerprint density at radius 2 is 1.65 bits per heavy atom. The van der Waals surface area contributed by atoms with E-state index in [9.17, 15) is 23.1 Å². The number of carboxylic acid groups (broad SMARTS) is 1. The third kappa shape index (κ3) is 6.87. The van der Waals surface area contributed by atoms with Crippen LogP contribution in [0.2, 0.25) is 0 Å². The summed E-state index contributed by atoms with van der Waals surface area (Å²) in [6.45, 7) is 1.98. The lowest BCUT2D eigenvalue weighted by molar-refractivity contribution is -0.274. The Balaban J connectivity index is 1.89. The summed E-state index contributed by atoms with van der Waals surface area (Å²) >= 11 is 1.51. The molecule has 0 aliphatic rings. The number of rotatable bonds is 8. The van der Waals surface area contributed by atoms with Crippen LogP contribution in [0.1, 0.15) is 12.0 Å². The van der Waals surface area contributed by atoms with Crippen LogP contribution in [-0.2, 0) is 4.79 Å². The van der Waals surface area contributed by atoms with Gasteiger partial charge in [0, 0.05) is 17.1 Å². The number of thioether (sulfide) groups is 1. The average molecular weight is 386 g/mol. The summed E-state index contributed by atoms with van der Waals surface area (Å²) in [5.74, 6) is -0.848. The van der Waals surface area contributed by atoms with Crippen LogP contribution in [0.3, 0.4) is 0 Å². The fraction of sp³-hybridized carbons (Fsp3) is 0.278. The first-order valence-electron chi connectivity index (χ1n) is 7.68. The lowest BCUT2D eigenvalue weighted by atomic mass is 10.2. The zero-order valence-corrected chi connectivity index (χ0v) is 14.6. The number of aryl methyl sites for hydroxylation is 1. The number of aliphatic carboxylic acids is 1. The number of carbonyl (C=O) groups is 1. The van der Waals surface area contributed by atoms with Gasteiger partial charge in [-0.1, -0.05) is 17.7 Å². The highest BCUT2D eigenvalue weighted by Crippen LogP contribution is 2.26. The van der Waals surface area contributed by atoms with Crippen molar-refractivity contribution in [3.8, 4) is 11.5 Å². The van der Waals surface area contributed by atoms with E-state index in [4.69, 9.17) is 4.74 Å². The van der Waals surface area contributed by atoms with Gasteiger partial charge in [-0.2, -0.15) is 0 Å². The number of alkyl halides is 3. The van der Waals surface area contributed by atoms with Gasteiger partial charge in [-0.15, -0.1) is 24.9 Å². The molecule has 0 bridgehead atoms. The summed E-state index contributed by atoms with van der Waals surface area (Å²) in [6, 6.07) is 12.5. The average Bonchev–Trinajstić information content (AvgIpc) is 2.56. The first-order valence-corrected chi connectivity index (χ1v) is 8.66. The summed E-state index contributed by atoms with van der Waals surface area (Å²) in [6.07, 6.45) is -5.63. The van der Waals surface area contributed by atoms with Gasteiger partial charge in [0.25, 0.3) is 0 Å². The first kappa shape index (κ1) is 20.0. The van der Waals surface area contributed by atoms with Crippen LogP contribution >= 0.6 is 11.8 Å². The van der Waals surface area contributed by atoms with E-state index in [-0.39, 0.29) is 12.2 Å². The number of ether oxygens (including phenoxy) is 2. The summed E-state index contributed by atoms with van der Waals surface area (Å²) in [5, 5.41) is 9.27. The number of hydrogen-bond acceptors (Lipinski definition) is 4. The highest BCUT2D eigenvalue weighted by atomic mass is 32.2. The third-order valence-electron chi connectivity index (χ3n) is 3.28. The van der Waals surface area contributed by atoms with Gasteiger partial charge in [-0.25, -0.2) is 4.79 Å². The van der Waals surface area contributed by atoms with Gasteiger partial charge in [0.1, 0.15) is 11.5 Å². The number of halogens is 3. The molecule has 0 amide bonds. The summed E-state index contributed by atoms with van der Waals surface area (Å²) in [5.41, 5.74) is 1.14. The maximum atomic E-state index is 12.1. The number of carboxylic acids is 1. The van der Waals surface area contributed by atoms with Gasteiger partial charge in [-0.3, -0.25) is 0 Å². The van der Waals surface area contributed by atoms with E-state index in [1.165, 1.54) is 23.9 Å². The zero-order valence-electron chi connectivity index (χ0n) is 13.8. The van der Waals surface area contributed by atoms with E-state index in [0.717, 1.165) is 22.6 Å². The topological polar surface area (TPSA) is 55.8 Å². The molecule has 0 aliphatic heterocycles. The van der Waals surface area contributed by atoms with Crippen LogP contribution in [0, 0.1) is 6.92 Å². The molecular weight excluding hydrogens is 369 g/mol. The van der Waals surface area contributed by atoms with Gasteiger partial charge in [0.15, 0.2) is 6.10 Å². The summed E-state index contributed by atoms with van der Waals surface area (Å²) < 4.78 is 45.5. The molecule has 2 rings (SSSR count). The van der Waals surface area contributed by atoms with Crippen LogP contribution in [0.15, 0.2) is 53.4 Å². The predicted octanol–water partition coefficient (Wildman–Crippen LogP) is 4.91. The van der Waals surface area contributed by atoms with Crippen molar-refractivity contribution in [1.82, 2.24) is 0 Å². The number of hydrogen-bond donors (Lipinski definition) is 1. The van der Waals surface area contributed by atoms with Crippen LogP contribution in [0.4, 0.5) is 13.2 Å². The molecule has 2 aromatic rings. The van der Waals surface area contributed by atoms with Crippen LogP contribution in [0.25, 0.3) is 0 Å². The van der Waals surface area contributed by atoms with Crippen molar-refractivity contribution in [3.05, 3.63) is 54.1 Å². The standard InChI is InChI=1S/C18H17F3O4S/c1-12-2-8-15(9-3-12)26-11-10-16(17(22)23)24-13-4-6-14(7-5-13)25-18(19,20)21/h2-9,16H,10-11H2,1H3,(H,22,23). The van der Waals surface area contributed by atoms with Crippen LogP contribution in [-0.4, -0.2) is 29.3 Å².